The molecule has 0 radical (unpaired) electrons. The van der Waals surface area contributed by atoms with Gasteiger partial charge in [0, 0.05) is 16.5 Å². The van der Waals surface area contributed by atoms with Crippen LogP contribution in [0.5, 0.6) is 0 Å². The van der Waals surface area contributed by atoms with Crippen molar-refractivity contribution in [1.29, 1.82) is 0 Å². The van der Waals surface area contributed by atoms with Gasteiger partial charge in [0.05, 0.1) is 22.8 Å². The van der Waals surface area contributed by atoms with Crippen LogP contribution in [0.1, 0.15) is 90.2 Å². The van der Waals surface area contributed by atoms with Crippen LogP contribution in [0.3, 0.4) is 0 Å². The van der Waals surface area contributed by atoms with E-state index in [9.17, 15) is 0 Å². The fraction of sp³-hybridized carbons (Fsp3) is 0.500. The second-order valence-electron chi connectivity index (χ2n) is 8.17. The topological polar surface area (TPSA) is 24.7 Å². The van der Waals surface area contributed by atoms with E-state index in [-0.39, 0.29) is 16.5 Å². The molecule has 2 nitrogen and oxygen atoms in total. The van der Waals surface area contributed by atoms with E-state index in [2.05, 4.69) is 70.2 Å². The van der Waals surface area contributed by atoms with E-state index in [4.69, 9.17) is 9.98 Å². The van der Waals surface area contributed by atoms with Gasteiger partial charge in [-0.3, -0.25) is 9.98 Å². The maximum Gasteiger partial charge on any atom is 0.0639 e. The first kappa shape index (κ1) is 27.3. The predicted octanol–water partition coefficient (Wildman–Crippen LogP) is 8.81. The Morgan fingerprint density at radius 1 is 0.613 bits per heavy atom. The molecule has 0 fully saturated rings. The fourth-order valence-electron chi connectivity index (χ4n) is 3.71. The smallest absolute Gasteiger partial charge is 0.0639 e. The summed E-state index contributed by atoms with van der Waals surface area (Å²) < 4.78 is 0. The van der Waals surface area contributed by atoms with E-state index >= 15 is 0 Å². The SMILES string of the molecule is CCCCC(=Nc1ccccc1)C(CCCC)=Nc1cc(CCC)cc(CCC)c1.[Ni]. The van der Waals surface area contributed by atoms with Gasteiger partial charge in [0.25, 0.3) is 0 Å². The second kappa shape index (κ2) is 16.0. The molecule has 0 unspecified atom stereocenters. The predicted molar refractivity (Wildman–Crippen MR) is 134 cm³/mol. The average molecular weight is 463 g/mol. The van der Waals surface area contributed by atoms with E-state index in [0.29, 0.717) is 0 Å². The summed E-state index contributed by atoms with van der Waals surface area (Å²) in [6.45, 7) is 8.99. The third-order valence-electron chi connectivity index (χ3n) is 5.27. The minimum Gasteiger partial charge on any atom is -0.252 e. The van der Waals surface area contributed by atoms with Gasteiger partial charge in [0.15, 0.2) is 0 Å². The van der Waals surface area contributed by atoms with Crippen molar-refractivity contribution in [3.8, 4) is 0 Å². The first-order chi connectivity index (χ1) is 14.7. The van der Waals surface area contributed by atoms with E-state index < -0.39 is 0 Å². The molecule has 2 rings (SSSR count). The molecule has 0 amide bonds. The molecule has 0 saturated carbocycles. The van der Waals surface area contributed by atoms with Crippen molar-refractivity contribution in [3.63, 3.8) is 0 Å². The van der Waals surface area contributed by atoms with Gasteiger partial charge in [0.1, 0.15) is 0 Å². The maximum absolute atomic E-state index is 5.22. The Labute approximate surface area is 200 Å². The first-order valence-electron chi connectivity index (χ1n) is 12.0. The van der Waals surface area contributed by atoms with Crippen molar-refractivity contribution in [2.24, 2.45) is 9.98 Å². The van der Waals surface area contributed by atoms with Crippen molar-refractivity contribution in [3.05, 3.63) is 59.7 Å². The summed E-state index contributed by atoms with van der Waals surface area (Å²) >= 11 is 0. The molecule has 0 aliphatic carbocycles. The van der Waals surface area contributed by atoms with Gasteiger partial charge in [-0.1, -0.05) is 77.6 Å². The summed E-state index contributed by atoms with van der Waals surface area (Å²) in [5.74, 6) is 0. The third kappa shape index (κ3) is 9.96. The summed E-state index contributed by atoms with van der Waals surface area (Å²) in [7, 11) is 0. The van der Waals surface area contributed by atoms with E-state index in [1.54, 1.807) is 0 Å². The molecule has 0 saturated heterocycles. The Morgan fingerprint density at radius 3 is 1.55 bits per heavy atom. The molecule has 172 valence electrons. The Bertz CT molecular complexity index is 785. The zero-order chi connectivity index (χ0) is 21.6. The Kier molecular flexibility index (Phi) is 14.1. The van der Waals surface area contributed by atoms with Crippen LogP contribution < -0.4 is 0 Å². The Morgan fingerprint density at radius 2 is 1.10 bits per heavy atom. The van der Waals surface area contributed by atoms with Gasteiger partial charge >= 0.3 is 0 Å². The monoisotopic (exact) mass is 462 g/mol. The third-order valence-corrected chi connectivity index (χ3v) is 5.27. The normalized spacial score (nSPS) is 12.0. The minimum atomic E-state index is 0. The van der Waals surface area contributed by atoms with Gasteiger partial charge in [-0.05, 0) is 73.9 Å². The van der Waals surface area contributed by atoms with Crippen molar-refractivity contribution >= 4 is 22.8 Å². The van der Waals surface area contributed by atoms with Crippen LogP contribution in [0, 0.1) is 0 Å². The number of benzene rings is 2. The molecule has 0 spiro atoms. The number of hydrogen-bond acceptors (Lipinski definition) is 2. The number of rotatable bonds is 13. The molecule has 0 N–H and O–H groups in total. The summed E-state index contributed by atoms with van der Waals surface area (Å²) in [5.41, 5.74) is 7.28. The molecular formula is C28H40N2Ni. The molecule has 0 bridgehead atoms. The minimum absolute atomic E-state index is 0. The van der Waals surface area contributed by atoms with Crippen LogP contribution in [0.4, 0.5) is 11.4 Å². The van der Waals surface area contributed by atoms with Gasteiger partial charge in [-0.15, -0.1) is 0 Å². The van der Waals surface area contributed by atoms with Crippen LogP contribution in [-0.4, -0.2) is 11.4 Å². The largest absolute Gasteiger partial charge is 0.252 e. The standard InChI is InChI=1S/C28H40N2.Ni/c1-5-9-18-27(29-25-16-12-11-13-17-25)28(19-10-6-2)30-26-21-23(14-7-3)20-24(22-26)15-8-4;/h11-13,16-17,20-22H,5-10,14-15,18-19H2,1-4H3;. The summed E-state index contributed by atoms with van der Waals surface area (Å²) in [4.78, 5) is 10.3. The summed E-state index contributed by atoms with van der Waals surface area (Å²) in [6, 6.07) is 17.3. The average Bonchev–Trinajstić information content (AvgIpc) is 2.75. The number of aliphatic imine (C=N–C) groups is 2. The molecule has 2 aromatic carbocycles. The van der Waals surface area contributed by atoms with Crippen molar-refractivity contribution in [1.82, 2.24) is 0 Å². The molecule has 0 atom stereocenters. The van der Waals surface area contributed by atoms with Crippen LogP contribution in [0.2, 0.25) is 0 Å². The quantitative estimate of drug-likeness (QED) is 0.209. The van der Waals surface area contributed by atoms with Gasteiger partial charge in [-0.2, -0.15) is 0 Å². The summed E-state index contributed by atoms with van der Waals surface area (Å²) in [5, 5.41) is 0. The van der Waals surface area contributed by atoms with Crippen molar-refractivity contribution in [2.45, 2.75) is 91.9 Å². The number of aryl methyl sites for hydroxylation is 2. The molecule has 3 heteroatoms. The zero-order valence-electron chi connectivity index (χ0n) is 19.9. The number of nitrogens with zero attached hydrogens (tertiary/aromatic N) is 2. The van der Waals surface area contributed by atoms with Crippen LogP contribution in [0.15, 0.2) is 58.5 Å². The Balaban J connectivity index is 0.00000480. The molecule has 0 aromatic heterocycles. The van der Waals surface area contributed by atoms with E-state index in [1.165, 1.54) is 42.5 Å². The number of hydrogen-bond donors (Lipinski definition) is 0. The maximum atomic E-state index is 5.22. The molecular weight excluding hydrogens is 423 g/mol. The van der Waals surface area contributed by atoms with Crippen molar-refractivity contribution < 1.29 is 16.5 Å². The van der Waals surface area contributed by atoms with Crippen molar-refractivity contribution in [2.75, 3.05) is 0 Å². The van der Waals surface area contributed by atoms with Crippen LogP contribution >= 0.6 is 0 Å². The van der Waals surface area contributed by atoms with E-state index in [0.717, 1.165) is 55.6 Å². The molecule has 0 aliphatic heterocycles. The molecule has 2 aromatic rings. The van der Waals surface area contributed by atoms with Gasteiger partial charge < -0.3 is 0 Å². The van der Waals surface area contributed by atoms with Crippen LogP contribution in [-0.2, 0) is 29.3 Å². The zero-order valence-corrected chi connectivity index (χ0v) is 20.9. The van der Waals surface area contributed by atoms with E-state index in [1.807, 2.05) is 6.07 Å². The van der Waals surface area contributed by atoms with Gasteiger partial charge in [0.2, 0.25) is 0 Å². The first-order valence-corrected chi connectivity index (χ1v) is 12.0. The molecule has 31 heavy (non-hydrogen) atoms. The number of unbranched alkanes of at least 4 members (excludes halogenated alkanes) is 2. The number of para-hydroxylation sites is 1. The van der Waals surface area contributed by atoms with Crippen LogP contribution in [0.25, 0.3) is 0 Å². The molecule has 0 heterocycles. The summed E-state index contributed by atoms with van der Waals surface area (Å²) in [6.07, 6.45) is 11.2. The second-order valence-corrected chi connectivity index (χ2v) is 8.17. The van der Waals surface area contributed by atoms with Gasteiger partial charge in [-0.25, -0.2) is 0 Å². The Hall–Kier alpha value is -1.73. The fourth-order valence-corrected chi connectivity index (χ4v) is 3.71. The molecule has 0 aliphatic rings.